The van der Waals surface area contributed by atoms with Crippen LogP contribution in [0, 0.1) is 0 Å². The maximum atomic E-state index is 11.9. The Kier molecular flexibility index (Phi) is 18.0. The number of amides is 1. The number of allylic oxidation sites excluding steroid dienone is 4. The molecule has 4 heteroatoms. The standard InChI is InChI=1S/C27H48N2O2/c1-3-5-6-7-8-9-10-11-12-13-14-15-16-17-18-19-23-31-25-29-22-20-21-26(24-29)27(30)28-4-2/h11-12,20-22H,3-10,13-19,23-25H2,1-2H3,(H,28,30)/b12-11-. The van der Waals surface area contributed by atoms with Crippen LogP contribution in [0.25, 0.3) is 0 Å². The third-order valence-electron chi connectivity index (χ3n) is 5.65. The minimum absolute atomic E-state index is 0.0187. The van der Waals surface area contributed by atoms with Gasteiger partial charge in [-0.05, 0) is 45.1 Å². The van der Waals surface area contributed by atoms with E-state index in [1.54, 1.807) is 0 Å². The maximum Gasteiger partial charge on any atom is 0.249 e. The summed E-state index contributed by atoms with van der Waals surface area (Å²) in [6.07, 6.45) is 29.1. The van der Waals surface area contributed by atoms with Gasteiger partial charge in [0.1, 0.15) is 6.73 Å². The summed E-state index contributed by atoms with van der Waals surface area (Å²) in [4.78, 5) is 13.9. The van der Waals surface area contributed by atoms with Crippen LogP contribution in [0.1, 0.15) is 104 Å². The highest BCUT2D eigenvalue weighted by molar-refractivity contribution is 5.94. The van der Waals surface area contributed by atoms with E-state index in [0.717, 1.165) is 18.6 Å². The normalized spacial score (nSPS) is 13.7. The smallest absolute Gasteiger partial charge is 0.249 e. The average molecular weight is 433 g/mol. The first-order chi connectivity index (χ1) is 15.3. The molecule has 178 valence electrons. The predicted octanol–water partition coefficient (Wildman–Crippen LogP) is 6.89. The molecule has 1 aliphatic heterocycles. The highest BCUT2D eigenvalue weighted by atomic mass is 16.5. The minimum atomic E-state index is 0.0187. The summed E-state index contributed by atoms with van der Waals surface area (Å²) in [5, 5.41) is 2.85. The van der Waals surface area contributed by atoms with E-state index in [1.807, 2.05) is 30.2 Å². The molecule has 0 fully saturated rings. The lowest BCUT2D eigenvalue weighted by Gasteiger charge is -2.24. The van der Waals surface area contributed by atoms with E-state index in [1.165, 1.54) is 83.5 Å². The van der Waals surface area contributed by atoms with Gasteiger partial charge in [0.2, 0.25) is 5.91 Å². The van der Waals surface area contributed by atoms with Crippen molar-refractivity contribution in [1.82, 2.24) is 10.2 Å². The summed E-state index contributed by atoms with van der Waals surface area (Å²) in [5.41, 5.74) is 0.796. The Bertz CT molecular complexity index is 525. The number of nitrogens with zero attached hydrogens (tertiary/aromatic N) is 1. The lowest BCUT2D eigenvalue weighted by Crippen LogP contribution is -2.33. The van der Waals surface area contributed by atoms with Crippen molar-refractivity contribution in [3.8, 4) is 0 Å². The molecule has 0 saturated heterocycles. The predicted molar refractivity (Wildman–Crippen MR) is 133 cm³/mol. The van der Waals surface area contributed by atoms with Crippen molar-refractivity contribution in [1.29, 1.82) is 0 Å². The maximum absolute atomic E-state index is 11.9. The van der Waals surface area contributed by atoms with Crippen molar-refractivity contribution in [3.05, 3.63) is 36.1 Å². The summed E-state index contributed by atoms with van der Waals surface area (Å²) < 4.78 is 5.79. The largest absolute Gasteiger partial charge is 0.361 e. The van der Waals surface area contributed by atoms with Gasteiger partial charge in [-0.15, -0.1) is 0 Å². The molecule has 0 bridgehead atoms. The Hall–Kier alpha value is -1.55. The molecule has 1 N–H and O–H groups in total. The van der Waals surface area contributed by atoms with Crippen molar-refractivity contribution in [2.24, 2.45) is 0 Å². The third-order valence-corrected chi connectivity index (χ3v) is 5.65. The van der Waals surface area contributed by atoms with Crippen LogP contribution in [-0.2, 0) is 9.53 Å². The van der Waals surface area contributed by atoms with Gasteiger partial charge in [0.05, 0.1) is 6.54 Å². The van der Waals surface area contributed by atoms with E-state index < -0.39 is 0 Å². The molecule has 0 aromatic heterocycles. The third kappa shape index (κ3) is 15.8. The fourth-order valence-corrected chi connectivity index (χ4v) is 3.75. The Morgan fingerprint density at radius 2 is 1.55 bits per heavy atom. The molecular formula is C27H48N2O2. The van der Waals surface area contributed by atoms with E-state index in [9.17, 15) is 4.79 Å². The SMILES string of the molecule is CCCCCCCC/C=C\CCCCCCCCOCN1C=CC=C(C(=O)NCC)C1. The molecule has 4 nitrogen and oxygen atoms in total. The average Bonchev–Trinajstić information content (AvgIpc) is 2.78. The molecule has 31 heavy (non-hydrogen) atoms. The molecule has 0 aromatic carbocycles. The molecule has 0 aromatic rings. The van der Waals surface area contributed by atoms with Crippen molar-refractivity contribution in [2.45, 2.75) is 104 Å². The number of nitrogens with one attached hydrogen (secondary N) is 1. The highest BCUT2D eigenvalue weighted by Gasteiger charge is 2.13. The summed E-state index contributed by atoms with van der Waals surface area (Å²) in [5.74, 6) is 0.0187. The van der Waals surface area contributed by atoms with Crippen LogP contribution >= 0.6 is 0 Å². The number of rotatable bonds is 20. The number of likely N-dealkylation sites (N-methyl/N-ethyl adjacent to an activating group) is 1. The summed E-state index contributed by atoms with van der Waals surface area (Å²) >= 11 is 0. The van der Waals surface area contributed by atoms with Crippen molar-refractivity contribution >= 4 is 5.91 Å². The zero-order valence-corrected chi connectivity index (χ0v) is 20.4. The van der Waals surface area contributed by atoms with Crippen molar-refractivity contribution in [3.63, 3.8) is 0 Å². The fraction of sp³-hybridized carbons (Fsp3) is 0.741. The monoisotopic (exact) mass is 432 g/mol. The molecular weight excluding hydrogens is 384 g/mol. The fourth-order valence-electron chi connectivity index (χ4n) is 3.75. The molecule has 1 rings (SSSR count). The van der Waals surface area contributed by atoms with Crippen LogP contribution in [0.4, 0.5) is 0 Å². The Balaban J connectivity index is 1.84. The van der Waals surface area contributed by atoms with E-state index in [-0.39, 0.29) is 5.91 Å². The molecule has 1 aliphatic rings. The molecule has 0 radical (unpaired) electrons. The molecule has 0 unspecified atom stereocenters. The number of hydrogen-bond acceptors (Lipinski definition) is 3. The molecule has 0 atom stereocenters. The van der Waals surface area contributed by atoms with E-state index in [2.05, 4.69) is 24.4 Å². The number of carbonyl (C=O) groups is 1. The summed E-state index contributed by atoms with van der Waals surface area (Å²) in [6.45, 7) is 6.84. The van der Waals surface area contributed by atoms with Gasteiger partial charge in [0.15, 0.2) is 0 Å². The number of hydrogen-bond donors (Lipinski definition) is 1. The van der Waals surface area contributed by atoms with E-state index in [0.29, 0.717) is 19.8 Å². The molecule has 0 aliphatic carbocycles. The van der Waals surface area contributed by atoms with Gasteiger partial charge in [-0.3, -0.25) is 4.79 Å². The Morgan fingerprint density at radius 1 is 0.935 bits per heavy atom. The second-order valence-corrected chi connectivity index (χ2v) is 8.61. The van der Waals surface area contributed by atoms with Gasteiger partial charge in [-0.25, -0.2) is 0 Å². The first-order valence-electron chi connectivity index (χ1n) is 12.9. The van der Waals surface area contributed by atoms with Gasteiger partial charge in [0, 0.05) is 24.9 Å². The molecule has 0 spiro atoms. The van der Waals surface area contributed by atoms with Crippen LogP contribution in [-0.4, -0.2) is 37.2 Å². The summed E-state index contributed by atoms with van der Waals surface area (Å²) in [6, 6.07) is 0. The van der Waals surface area contributed by atoms with Crippen LogP contribution in [0.2, 0.25) is 0 Å². The molecule has 1 heterocycles. The lowest BCUT2D eigenvalue weighted by molar-refractivity contribution is -0.117. The van der Waals surface area contributed by atoms with E-state index >= 15 is 0 Å². The highest BCUT2D eigenvalue weighted by Crippen LogP contribution is 2.11. The molecule has 1 amide bonds. The molecule has 0 saturated carbocycles. The number of unbranched alkanes of at least 4 members (excludes halogenated alkanes) is 12. The van der Waals surface area contributed by atoms with Gasteiger partial charge in [-0.1, -0.05) is 82.9 Å². The second-order valence-electron chi connectivity index (χ2n) is 8.61. The van der Waals surface area contributed by atoms with Crippen LogP contribution in [0.3, 0.4) is 0 Å². The van der Waals surface area contributed by atoms with Gasteiger partial charge in [0.25, 0.3) is 0 Å². The second kappa shape index (κ2) is 20.4. The first kappa shape index (κ1) is 27.5. The van der Waals surface area contributed by atoms with Gasteiger partial charge in [-0.2, -0.15) is 0 Å². The first-order valence-corrected chi connectivity index (χ1v) is 12.9. The van der Waals surface area contributed by atoms with Gasteiger partial charge >= 0.3 is 0 Å². The minimum Gasteiger partial charge on any atom is -0.361 e. The Morgan fingerprint density at radius 3 is 2.19 bits per heavy atom. The van der Waals surface area contributed by atoms with Gasteiger partial charge < -0.3 is 15.0 Å². The van der Waals surface area contributed by atoms with Crippen LogP contribution < -0.4 is 5.32 Å². The Labute approximate surface area is 192 Å². The lowest BCUT2D eigenvalue weighted by atomic mass is 10.1. The quantitative estimate of drug-likeness (QED) is 0.168. The summed E-state index contributed by atoms with van der Waals surface area (Å²) in [7, 11) is 0. The number of ether oxygens (including phenoxy) is 1. The van der Waals surface area contributed by atoms with Crippen molar-refractivity contribution < 1.29 is 9.53 Å². The zero-order valence-electron chi connectivity index (χ0n) is 20.4. The van der Waals surface area contributed by atoms with Crippen molar-refractivity contribution in [2.75, 3.05) is 26.4 Å². The zero-order chi connectivity index (χ0) is 22.4. The number of carbonyl (C=O) groups excluding carboxylic acids is 1. The van der Waals surface area contributed by atoms with E-state index in [4.69, 9.17) is 4.74 Å². The topological polar surface area (TPSA) is 41.6 Å². The van der Waals surface area contributed by atoms with Crippen LogP contribution in [0.15, 0.2) is 36.1 Å². The van der Waals surface area contributed by atoms with Crippen LogP contribution in [0.5, 0.6) is 0 Å².